The summed E-state index contributed by atoms with van der Waals surface area (Å²) in [6.45, 7) is 2.30. The van der Waals surface area contributed by atoms with Gasteiger partial charge in [0.15, 0.2) is 0 Å². The first-order chi connectivity index (χ1) is 7.40. The molecule has 2 saturated carbocycles. The first kappa shape index (κ1) is 10.3. The SMILES string of the molecule is CCCCSC1CC2CC1C1CC=CC21. The quantitative estimate of drug-likeness (QED) is 0.509. The zero-order chi connectivity index (χ0) is 10.3. The summed E-state index contributed by atoms with van der Waals surface area (Å²) < 4.78 is 0. The standard InChI is InChI=1S/C14H22S/c1-2-3-7-15-14-9-10-8-13(14)12-6-4-5-11(10)12/h4-5,10-14H,2-3,6-9H2,1H3. The molecule has 0 heterocycles. The highest BCUT2D eigenvalue weighted by Gasteiger charge is 2.52. The predicted molar refractivity (Wildman–Crippen MR) is 68.1 cm³/mol. The molecule has 1 heteroatoms. The summed E-state index contributed by atoms with van der Waals surface area (Å²) in [5.41, 5.74) is 0. The van der Waals surface area contributed by atoms with Crippen molar-refractivity contribution in [3.05, 3.63) is 12.2 Å². The first-order valence-corrected chi connectivity index (χ1v) is 7.73. The molecule has 5 atom stereocenters. The van der Waals surface area contributed by atoms with Gasteiger partial charge >= 0.3 is 0 Å². The minimum Gasteiger partial charge on any atom is -0.158 e. The summed E-state index contributed by atoms with van der Waals surface area (Å²) >= 11 is 2.29. The maximum Gasteiger partial charge on any atom is 0.00812 e. The van der Waals surface area contributed by atoms with Crippen molar-refractivity contribution in [2.75, 3.05) is 5.75 Å². The highest BCUT2D eigenvalue weighted by atomic mass is 32.2. The highest BCUT2D eigenvalue weighted by Crippen LogP contribution is 2.59. The third kappa shape index (κ3) is 1.67. The van der Waals surface area contributed by atoms with Crippen LogP contribution in [0.1, 0.15) is 39.0 Å². The minimum absolute atomic E-state index is 0.998. The maximum atomic E-state index is 2.53. The molecule has 15 heavy (non-hydrogen) atoms. The van der Waals surface area contributed by atoms with E-state index >= 15 is 0 Å². The number of unbranched alkanes of at least 4 members (excludes halogenated alkanes) is 1. The average Bonchev–Trinajstić information content (AvgIpc) is 2.89. The highest BCUT2D eigenvalue weighted by molar-refractivity contribution is 7.99. The average molecular weight is 222 g/mol. The van der Waals surface area contributed by atoms with Crippen molar-refractivity contribution in [3.8, 4) is 0 Å². The molecule has 0 aromatic carbocycles. The van der Waals surface area contributed by atoms with Gasteiger partial charge in [-0.2, -0.15) is 11.8 Å². The van der Waals surface area contributed by atoms with Gasteiger partial charge in [-0.3, -0.25) is 0 Å². The van der Waals surface area contributed by atoms with E-state index in [2.05, 4.69) is 30.8 Å². The molecule has 0 nitrogen and oxygen atoms in total. The number of fused-ring (bicyclic) bond motifs is 5. The van der Waals surface area contributed by atoms with E-state index in [0.717, 1.165) is 28.9 Å². The Kier molecular flexibility index (Phi) is 2.84. The summed E-state index contributed by atoms with van der Waals surface area (Å²) in [5.74, 6) is 5.62. The normalized spacial score (nSPS) is 46.3. The van der Waals surface area contributed by atoms with E-state index in [0.29, 0.717) is 0 Å². The van der Waals surface area contributed by atoms with Crippen LogP contribution in [0, 0.1) is 23.7 Å². The van der Waals surface area contributed by atoms with E-state index < -0.39 is 0 Å². The molecule has 0 amide bonds. The fraction of sp³-hybridized carbons (Fsp3) is 0.857. The summed E-state index contributed by atoms with van der Waals surface area (Å²) in [7, 11) is 0. The Morgan fingerprint density at radius 3 is 3.07 bits per heavy atom. The van der Waals surface area contributed by atoms with Crippen LogP contribution in [0.2, 0.25) is 0 Å². The van der Waals surface area contributed by atoms with Crippen molar-refractivity contribution in [1.29, 1.82) is 0 Å². The summed E-state index contributed by atoms with van der Waals surface area (Å²) in [6.07, 6.45) is 12.3. The van der Waals surface area contributed by atoms with Gasteiger partial charge in [-0.05, 0) is 55.1 Å². The molecule has 5 unspecified atom stereocenters. The van der Waals surface area contributed by atoms with Gasteiger partial charge in [0.05, 0.1) is 0 Å². The number of thioether (sulfide) groups is 1. The first-order valence-electron chi connectivity index (χ1n) is 6.68. The molecule has 0 aliphatic heterocycles. The fourth-order valence-electron chi connectivity index (χ4n) is 4.07. The molecule has 84 valence electrons. The summed E-state index contributed by atoms with van der Waals surface area (Å²) in [6, 6.07) is 0. The van der Waals surface area contributed by atoms with Gasteiger partial charge in [-0.25, -0.2) is 0 Å². The molecular weight excluding hydrogens is 200 g/mol. The smallest absolute Gasteiger partial charge is 0.00812 e. The van der Waals surface area contributed by atoms with Gasteiger partial charge in [0.1, 0.15) is 0 Å². The summed E-state index contributed by atoms with van der Waals surface area (Å²) in [4.78, 5) is 0. The van der Waals surface area contributed by atoms with E-state index in [-0.39, 0.29) is 0 Å². The van der Waals surface area contributed by atoms with Crippen LogP contribution in [0.4, 0.5) is 0 Å². The Hall–Kier alpha value is 0.0900. The van der Waals surface area contributed by atoms with Gasteiger partial charge in [-0.1, -0.05) is 25.5 Å². The minimum atomic E-state index is 0.998. The number of rotatable bonds is 4. The Bertz CT molecular complexity index is 258. The Morgan fingerprint density at radius 2 is 2.20 bits per heavy atom. The molecular formula is C14H22S. The van der Waals surface area contributed by atoms with E-state index in [1.165, 1.54) is 31.4 Å². The van der Waals surface area contributed by atoms with Crippen LogP contribution in [0.25, 0.3) is 0 Å². The second kappa shape index (κ2) is 4.16. The van der Waals surface area contributed by atoms with E-state index in [1.54, 1.807) is 6.42 Å². The largest absolute Gasteiger partial charge is 0.158 e. The molecule has 2 fully saturated rings. The van der Waals surface area contributed by atoms with Crippen molar-refractivity contribution < 1.29 is 0 Å². The van der Waals surface area contributed by atoms with Crippen LogP contribution < -0.4 is 0 Å². The number of allylic oxidation sites excluding steroid dienone is 2. The molecule has 0 spiro atoms. The molecule has 0 radical (unpaired) electrons. The Morgan fingerprint density at radius 1 is 1.27 bits per heavy atom. The van der Waals surface area contributed by atoms with E-state index in [4.69, 9.17) is 0 Å². The second-order valence-corrected chi connectivity index (χ2v) is 6.91. The fourth-order valence-corrected chi connectivity index (χ4v) is 5.77. The van der Waals surface area contributed by atoms with Crippen molar-refractivity contribution >= 4 is 11.8 Å². The topological polar surface area (TPSA) is 0 Å². The van der Waals surface area contributed by atoms with Crippen molar-refractivity contribution in [2.45, 2.75) is 44.3 Å². The lowest BCUT2D eigenvalue weighted by molar-refractivity contribution is 0.292. The molecule has 0 aromatic rings. The van der Waals surface area contributed by atoms with Crippen LogP contribution >= 0.6 is 11.8 Å². The van der Waals surface area contributed by atoms with Crippen molar-refractivity contribution in [3.63, 3.8) is 0 Å². The lowest BCUT2D eigenvalue weighted by atomic mass is 9.81. The van der Waals surface area contributed by atoms with Crippen LogP contribution in [0.3, 0.4) is 0 Å². The van der Waals surface area contributed by atoms with Crippen LogP contribution in [0.5, 0.6) is 0 Å². The Labute approximate surface area is 97.9 Å². The molecule has 3 aliphatic carbocycles. The van der Waals surface area contributed by atoms with Crippen LogP contribution in [0.15, 0.2) is 12.2 Å². The lowest BCUT2D eigenvalue weighted by Crippen LogP contribution is -2.26. The summed E-state index contributed by atoms with van der Waals surface area (Å²) in [5, 5.41) is 1.03. The van der Waals surface area contributed by atoms with E-state index in [9.17, 15) is 0 Å². The second-order valence-electron chi connectivity index (χ2n) is 5.56. The molecule has 3 aliphatic rings. The number of hydrogen-bond donors (Lipinski definition) is 0. The zero-order valence-electron chi connectivity index (χ0n) is 9.69. The molecule has 0 N–H and O–H groups in total. The monoisotopic (exact) mass is 222 g/mol. The third-order valence-electron chi connectivity index (χ3n) is 4.77. The van der Waals surface area contributed by atoms with Crippen LogP contribution in [-0.4, -0.2) is 11.0 Å². The van der Waals surface area contributed by atoms with Gasteiger partial charge in [0.25, 0.3) is 0 Å². The molecule has 0 aromatic heterocycles. The van der Waals surface area contributed by atoms with Gasteiger partial charge < -0.3 is 0 Å². The van der Waals surface area contributed by atoms with Crippen molar-refractivity contribution in [1.82, 2.24) is 0 Å². The molecule has 0 saturated heterocycles. The third-order valence-corrected chi connectivity index (χ3v) is 6.27. The van der Waals surface area contributed by atoms with Crippen LogP contribution in [-0.2, 0) is 0 Å². The maximum absolute atomic E-state index is 2.53. The predicted octanol–water partition coefficient (Wildman–Crippen LogP) is 4.12. The zero-order valence-corrected chi connectivity index (χ0v) is 10.5. The lowest BCUT2D eigenvalue weighted by Gasteiger charge is -2.31. The Balaban J connectivity index is 1.57. The molecule has 3 rings (SSSR count). The van der Waals surface area contributed by atoms with Crippen molar-refractivity contribution in [2.24, 2.45) is 23.7 Å². The van der Waals surface area contributed by atoms with Gasteiger partial charge in [0.2, 0.25) is 0 Å². The van der Waals surface area contributed by atoms with Gasteiger partial charge in [0, 0.05) is 5.25 Å². The van der Waals surface area contributed by atoms with E-state index in [1.807, 2.05) is 0 Å². The number of hydrogen-bond acceptors (Lipinski definition) is 1. The molecule has 2 bridgehead atoms. The van der Waals surface area contributed by atoms with Gasteiger partial charge in [-0.15, -0.1) is 0 Å².